The van der Waals surface area contributed by atoms with Crippen molar-refractivity contribution in [2.24, 2.45) is 5.14 Å². The van der Waals surface area contributed by atoms with E-state index < -0.39 is 27.8 Å². The van der Waals surface area contributed by atoms with Crippen LogP contribution in [-0.4, -0.2) is 25.2 Å². The van der Waals surface area contributed by atoms with Gasteiger partial charge in [-0.3, -0.25) is 14.5 Å². The van der Waals surface area contributed by atoms with Gasteiger partial charge in [-0.05, 0) is 29.8 Å². The molecule has 0 unspecified atom stereocenters. The Morgan fingerprint density at radius 1 is 0.839 bits per heavy atom. The summed E-state index contributed by atoms with van der Waals surface area (Å²) in [6, 6.07) is 21.8. The number of anilines is 1. The van der Waals surface area contributed by atoms with Gasteiger partial charge in [-0.15, -0.1) is 0 Å². The van der Waals surface area contributed by atoms with E-state index in [1.165, 1.54) is 29.2 Å². The molecule has 0 aromatic heterocycles. The normalized spacial score (nSPS) is 18.4. The lowest BCUT2D eigenvalue weighted by atomic mass is 9.95. The molecule has 1 atom stereocenters. The molecule has 0 spiro atoms. The van der Waals surface area contributed by atoms with Gasteiger partial charge in [0.05, 0.1) is 16.5 Å². The van der Waals surface area contributed by atoms with Crippen LogP contribution in [0, 0.1) is 0 Å². The van der Waals surface area contributed by atoms with Crippen molar-refractivity contribution in [3.63, 3.8) is 0 Å². The number of primary sulfonamides is 1. The zero-order chi connectivity index (χ0) is 22.2. The molecule has 1 aliphatic rings. The van der Waals surface area contributed by atoms with Crippen molar-refractivity contribution in [2.75, 3.05) is 4.90 Å². The number of nitrogens with two attached hydrogens (primary N) is 1. The number of carbonyl (C=O) groups is 2. The molecule has 1 saturated heterocycles. The largest absolute Gasteiger partial charge is 0.507 e. The summed E-state index contributed by atoms with van der Waals surface area (Å²) >= 11 is 0. The number of nitrogens with zero attached hydrogens (tertiary/aromatic N) is 1. The molecule has 3 N–H and O–H groups in total. The summed E-state index contributed by atoms with van der Waals surface area (Å²) in [5.74, 6) is -1.93. The van der Waals surface area contributed by atoms with Gasteiger partial charge in [-0.2, -0.15) is 0 Å². The second-order valence-corrected chi connectivity index (χ2v) is 8.55. The van der Waals surface area contributed by atoms with E-state index in [0.717, 1.165) is 0 Å². The summed E-state index contributed by atoms with van der Waals surface area (Å²) in [7, 11) is -3.91. The number of benzene rings is 3. The molecule has 0 aliphatic carbocycles. The highest BCUT2D eigenvalue weighted by atomic mass is 32.2. The van der Waals surface area contributed by atoms with Crippen LogP contribution in [0.15, 0.2) is 95.4 Å². The summed E-state index contributed by atoms with van der Waals surface area (Å²) in [6.07, 6.45) is 0. The fourth-order valence-electron chi connectivity index (χ4n) is 3.60. The Bertz CT molecular complexity index is 1280. The Morgan fingerprint density at radius 3 is 1.94 bits per heavy atom. The van der Waals surface area contributed by atoms with Crippen LogP contribution in [0.1, 0.15) is 17.2 Å². The van der Waals surface area contributed by atoms with E-state index in [4.69, 9.17) is 5.14 Å². The van der Waals surface area contributed by atoms with Crippen LogP contribution in [0.25, 0.3) is 5.76 Å². The van der Waals surface area contributed by atoms with Gasteiger partial charge in [0.1, 0.15) is 5.76 Å². The molecular formula is C23H18N2O5S. The Balaban J connectivity index is 1.91. The first-order chi connectivity index (χ1) is 14.8. The van der Waals surface area contributed by atoms with E-state index in [1.807, 2.05) is 0 Å². The molecule has 7 nitrogen and oxygen atoms in total. The Kier molecular flexibility index (Phi) is 5.18. The monoisotopic (exact) mass is 434 g/mol. The zero-order valence-electron chi connectivity index (χ0n) is 16.2. The van der Waals surface area contributed by atoms with Gasteiger partial charge in [0.15, 0.2) is 0 Å². The molecule has 4 rings (SSSR count). The predicted octanol–water partition coefficient (Wildman–Crippen LogP) is 2.96. The number of ketones is 1. The minimum atomic E-state index is -3.91. The molecule has 0 saturated carbocycles. The first-order valence-electron chi connectivity index (χ1n) is 9.33. The van der Waals surface area contributed by atoms with Gasteiger partial charge >= 0.3 is 0 Å². The van der Waals surface area contributed by atoms with Crippen LogP contribution in [0.3, 0.4) is 0 Å². The fraction of sp³-hybridized carbons (Fsp3) is 0.0435. The summed E-state index contributed by atoms with van der Waals surface area (Å²) in [4.78, 5) is 27.1. The number of Topliss-reactive ketones (excluding diaryl/α,β-unsaturated/α-hetero) is 1. The number of hydrogen-bond donors (Lipinski definition) is 2. The average Bonchev–Trinajstić information content (AvgIpc) is 3.04. The third-order valence-corrected chi connectivity index (χ3v) is 5.98. The summed E-state index contributed by atoms with van der Waals surface area (Å²) in [6.45, 7) is 0. The second-order valence-electron chi connectivity index (χ2n) is 6.98. The molecule has 31 heavy (non-hydrogen) atoms. The van der Waals surface area contributed by atoms with Gasteiger partial charge in [-0.1, -0.05) is 60.7 Å². The van der Waals surface area contributed by atoms with Gasteiger partial charge in [0.2, 0.25) is 10.0 Å². The quantitative estimate of drug-likeness (QED) is 0.372. The molecule has 1 aliphatic heterocycles. The maximum atomic E-state index is 13.0. The number of aliphatic hydroxyl groups is 1. The number of carbonyl (C=O) groups excluding carboxylic acids is 2. The van der Waals surface area contributed by atoms with Crippen molar-refractivity contribution in [3.05, 3.63) is 102 Å². The highest BCUT2D eigenvalue weighted by Crippen LogP contribution is 2.42. The number of rotatable bonds is 4. The van der Waals surface area contributed by atoms with E-state index in [0.29, 0.717) is 16.8 Å². The third kappa shape index (κ3) is 3.74. The van der Waals surface area contributed by atoms with E-state index in [1.54, 1.807) is 60.7 Å². The van der Waals surface area contributed by atoms with Crippen molar-refractivity contribution in [2.45, 2.75) is 10.9 Å². The summed E-state index contributed by atoms with van der Waals surface area (Å²) in [5.41, 5.74) is 1.29. The van der Waals surface area contributed by atoms with Gasteiger partial charge in [0.25, 0.3) is 11.7 Å². The molecule has 1 fully saturated rings. The Labute approximate surface area is 179 Å². The molecule has 0 bridgehead atoms. The number of amides is 1. The molecule has 8 heteroatoms. The van der Waals surface area contributed by atoms with Crippen LogP contribution in [-0.2, 0) is 19.6 Å². The van der Waals surface area contributed by atoms with Crippen molar-refractivity contribution in [1.29, 1.82) is 0 Å². The van der Waals surface area contributed by atoms with Gasteiger partial charge in [0, 0.05) is 11.3 Å². The fourth-order valence-corrected chi connectivity index (χ4v) is 4.11. The van der Waals surface area contributed by atoms with Crippen LogP contribution in [0.5, 0.6) is 0 Å². The second kappa shape index (κ2) is 7.82. The lowest BCUT2D eigenvalue weighted by Crippen LogP contribution is -2.29. The lowest BCUT2D eigenvalue weighted by Gasteiger charge is -2.25. The molecule has 0 radical (unpaired) electrons. The first kappa shape index (κ1) is 20.5. The predicted molar refractivity (Wildman–Crippen MR) is 115 cm³/mol. The lowest BCUT2D eigenvalue weighted by molar-refractivity contribution is -0.132. The van der Waals surface area contributed by atoms with E-state index in [-0.39, 0.29) is 16.2 Å². The van der Waals surface area contributed by atoms with Crippen LogP contribution in [0.2, 0.25) is 0 Å². The molecule has 3 aromatic carbocycles. The van der Waals surface area contributed by atoms with Crippen LogP contribution in [0.4, 0.5) is 5.69 Å². The van der Waals surface area contributed by atoms with Crippen molar-refractivity contribution >= 4 is 33.2 Å². The first-order valence-corrected chi connectivity index (χ1v) is 10.9. The van der Waals surface area contributed by atoms with Gasteiger partial charge in [-0.25, -0.2) is 13.6 Å². The molecule has 1 amide bonds. The zero-order valence-corrected chi connectivity index (χ0v) is 17.0. The van der Waals surface area contributed by atoms with Crippen molar-refractivity contribution in [1.82, 2.24) is 0 Å². The maximum absolute atomic E-state index is 13.0. The number of aliphatic hydroxyl groups excluding tert-OH is 1. The average molecular weight is 434 g/mol. The summed E-state index contributed by atoms with van der Waals surface area (Å²) < 4.78 is 23.1. The number of sulfonamides is 1. The van der Waals surface area contributed by atoms with E-state index >= 15 is 0 Å². The molecular weight excluding hydrogens is 416 g/mol. The minimum absolute atomic E-state index is 0.0436. The van der Waals surface area contributed by atoms with Crippen molar-refractivity contribution in [3.8, 4) is 0 Å². The standard InChI is InChI=1S/C23H18N2O5S/c24-31(29,30)18-13-11-17(12-14-18)25-20(15-7-3-1-4-8-15)19(22(27)23(25)28)21(26)16-9-5-2-6-10-16/h1-14,20,26H,(H2,24,29,30)/b21-19+/t20-/m0/s1. The van der Waals surface area contributed by atoms with Crippen LogP contribution < -0.4 is 10.0 Å². The van der Waals surface area contributed by atoms with Crippen LogP contribution >= 0.6 is 0 Å². The molecule has 1 heterocycles. The smallest absolute Gasteiger partial charge is 0.300 e. The number of hydrogen-bond acceptors (Lipinski definition) is 5. The SMILES string of the molecule is NS(=O)(=O)c1ccc(N2C(=O)C(=O)/C(=C(/O)c3ccccc3)[C@@H]2c2ccccc2)cc1. The molecule has 156 valence electrons. The minimum Gasteiger partial charge on any atom is -0.507 e. The Hall–Kier alpha value is -3.75. The highest BCUT2D eigenvalue weighted by Gasteiger charge is 2.46. The molecule has 3 aromatic rings. The van der Waals surface area contributed by atoms with E-state index in [9.17, 15) is 23.1 Å². The third-order valence-electron chi connectivity index (χ3n) is 5.05. The topological polar surface area (TPSA) is 118 Å². The Morgan fingerprint density at radius 2 is 1.39 bits per heavy atom. The maximum Gasteiger partial charge on any atom is 0.300 e. The van der Waals surface area contributed by atoms with E-state index in [2.05, 4.69) is 0 Å². The summed E-state index contributed by atoms with van der Waals surface area (Å²) in [5, 5.41) is 16.1. The van der Waals surface area contributed by atoms with Crippen molar-refractivity contribution < 1.29 is 23.1 Å². The van der Waals surface area contributed by atoms with Gasteiger partial charge < -0.3 is 5.11 Å². The highest BCUT2D eigenvalue weighted by molar-refractivity contribution is 7.89.